The molecular formula is C53H47N5O. The Bertz CT molecular complexity index is 3010. The van der Waals surface area contributed by atoms with Crippen LogP contribution in [0.25, 0.3) is 44.3 Å². The molecule has 9 aromatic rings. The highest BCUT2D eigenvalue weighted by Gasteiger charge is 2.27. The Balaban J connectivity index is 1.14. The molecule has 0 N–H and O–H groups in total. The summed E-state index contributed by atoms with van der Waals surface area (Å²) >= 11 is 0. The minimum absolute atomic E-state index is 0.0887. The molecule has 0 saturated heterocycles. The Labute approximate surface area is 345 Å². The smallest absolute Gasteiger partial charge is 0.137 e. The van der Waals surface area contributed by atoms with Crippen LogP contribution in [0.3, 0.4) is 0 Å². The van der Waals surface area contributed by atoms with Gasteiger partial charge in [-0.3, -0.25) is 4.57 Å². The first kappa shape index (κ1) is 36.3. The number of hydrogen-bond acceptors (Lipinski definition) is 4. The van der Waals surface area contributed by atoms with Crippen LogP contribution in [-0.4, -0.2) is 20.8 Å². The zero-order valence-corrected chi connectivity index (χ0v) is 34.2. The predicted octanol–water partition coefficient (Wildman–Crippen LogP) is 13.3. The third-order valence-corrected chi connectivity index (χ3v) is 11.9. The highest BCUT2D eigenvalue weighted by molar-refractivity contribution is 6.20. The maximum atomic E-state index is 6.93. The maximum absolute atomic E-state index is 6.93. The van der Waals surface area contributed by atoms with Crippen molar-refractivity contribution in [1.82, 2.24) is 14.1 Å². The number of rotatable bonds is 8. The fourth-order valence-electron chi connectivity index (χ4n) is 8.56. The third-order valence-electron chi connectivity index (χ3n) is 11.9. The number of ether oxygens (including phenoxy) is 1. The summed E-state index contributed by atoms with van der Waals surface area (Å²) in [4.78, 5) is 9.64. The van der Waals surface area contributed by atoms with Gasteiger partial charge in [-0.15, -0.1) is 0 Å². The van der Waals surface area contributed by atoms with Crippen molar-refractivity contribution in [3.8, 4) is 23.0 Å². The number of anilines is 2. The quantitative estimate of drug-likeness (QED) is 0.154. The molecule has 6 aromatic carbocycles. The summed E-state index contributed by atoms with van der Waals surface area (Å²) in [5, 5.41) is 2.28. The second-order valence-electron chi connectivity index (χ2n) is 17.1. The summed E-state index contributed by atoms with van der Waals surface area (Å²) in [5.41, 5.74) is 11.1. The van der Waals surface area contributed by atoms with Crippen LogP contribution in [0.1, 0.15) is 51.3 Å². The van der Waals surface area contributed by atoms with Gasteiger partial charge in [0, 0.05) is 64.0 Å². The van der Waals surface area contributed by atoms with Crippen LogP contribution in [0.15, 0.2) is 182 Å². The minimum atomic E-state index is -0.244. The molecule has 0 bridgehead atoms. The Morgan fingerprint density at radius 1 is 0.475 bits per heavy atom. The van der Waals surface area contributed by atoms with E-state index in [2.05, 4.69) is 230 Å². The summed E-state index contributed by atoms with van der Waals surface area (Å²) in [5.74, 6) is 2.42. The first-order valence-corrected chi connectivity index (χ1v) is 20.4. The van der Waals surface area contributed by atoms with Crippen LogP contribution in [-0.2, 0) is 10.8 Å². The molecule has 4 heterocycles. The first-order valence-electron chi connectivity index (χ1n) is 20.4. The van der Waals surface area contributed by atoms with Crippen molar-refractivity contribution in [2.24, 2.45) is 0 Å². The lowest BCUT2D eigenvalue weighted by atomic mass is 9.78. The molecule has 59 heavy (non-hydrogen) atoms. The number of para-hydroxylation sites is 3. The molecular weight excluding hydrogens is 723 g/mol. The molecule has 3 aromatic heterocycles. The van der Waals surface area contributed by atoms with E-state index in [0.717, 1.165) is 67.2 Å². The number of hydrogen-bond donors (Lipinski definition) is 0. The lowest BCUT2D eigenvalue weighted by Gasteiger charge is -2.26. The SMILES string of the molecule is CC(C)(C)c1cc(Oc2ccc3c(c2)n(-c2cc(C(C)(C)c4ccccc4)ccn2)c2c4ccccc4n(-c4ccccc4)c32)cc(N2C=CN(c3ccccc3)C2)c1. The summed E-state index contributed by atoms with van der Waals surface area (Å²) in [6.07, 6.45) is 6.24. The summed E-state index contributed by atoms with van der Waals surface area (Å²) < 4.78 is 11.7. The molecule has 0 saturated carbocycles. The van der Waals surface area contributed by atoms with Crippen molar-refractivity contribution in [1.29, 1.82) is 0 Å². The van der Waals surface area contributed by atoms with Gasteiger partial charge in [-0.1, -0.05) is 120 Å². The molecule has 1 aliphatic rings. The molecule has 1 aliphatic heterocycles. The maximum Gasteiger partial charge on any atom is 0.137 e. The van der Waals surface area contributed by atoms with Crippen LogP contribution in [0, 0.1) is 0 Å². The molecule has 0 amide bonds. The largest absolute Gasteiger partial charge is 0.457 e. The molecule has 10 rings (SSSR count). The predicted molar refractivity (Wildman–Crippen MR) is 245 cm³/mol. The average Bonchev–Trinajstić information content (AvgIpc) is 3.97. The molecule has 0 fully saturated rings. The van der Waals surface area contributed by atoms with Crippen LogP contribution >= 0.6 is 0 Å². The summed E-state index contributed by atoms with van der Waals surface area (Å²) in [6.45, 7) is 12.0. The van der Waals surface area contributed by atoms with Crippen molar-refractivity contribution in [2.75, 3.05) is 16.5 Å². The topological polar surface area (TPSA) is 38.5 Å². The number of fused-ring (bicyclic) bond motifs is 5. The van der Waals surface area contributed by atoms with Gasteiger partial charge >= 0.3 is 0 Å². The van der Waals surface area contributed by atoms with Crippen LogP contribution in [0.4, 0.5) is 11.4 Å². The van der Waals surface area contributed by atoms with Gasteiger partial charge in [0.25, 0.3) is 0 Å². The highest BCUT2D eigenvalue weighted by atomic mass is 16.5. The van der Waals surface area contributed by atoms with Gasteiger partial charge in [0.2, 0.25) is 0 Å². The van der Waals surface area contributed by atoms with Gasteiger partial charge in [0.15, 0.2) is 0 Å². The highest BCUT2D eigenvalue weighted by Crippen LogP contribution is 2.43. The second-order valence-corrected chi connectivity index (χ2v) is 17.1. The van der Waals surface area contributed by atoms with E-state index in [1.807, 2.05) is 6.20 Å². The van der Waals surface area contributed by atoms with Gasteiger partial charge in [-0.2, -0.15) is 0 Å². The Morgan fingerprint density at radius 2 is 1.10 bits per heavy atom. The fraction of sp³-hybridized carbons (Fsp3) is 0.151. The Morgan fingerprint density at radius 3 is 1.83 bits per heavy atom. The molecule has 290 valence electrons. The van der Waals surface area contributed by atoms with Crippen LogP contribution in [0.2, 0.25) is 0 Å². The molecule has 0 atom stereocenters. The van der Waals surface area contributed by atoms with Crippen LogP contribution < -0.4 is 14.5 Å². The van der Waals surface area contributed by atoms with E-state index < -0.39 is 0 Å². The standard InChI is InChI=1S/C53H47N5O/c1-52(2,3)39-31-42(56-30-29-55(36-56)40-19-11-7-12-20-40)34-44(32-39)59-43-25-26-46-48(35-43)58(49-33-38(27-28-54-49)53(4,5)37-17-9-6-10-18-37)51-45-23-15-16-24-47(45)57(50(46)51)41-21-13-8-14-22-41/h6-35H,36H2,1-5H3. The van der Waals surface area contributed by atoms with E-state index in [-0.39, 0.29) is 10.8 Å². The lowest BCUT2D eigenvalue weighted by Crippen LogP contribution is -2.25. The van der Waals surface area contributed by atoms with Crippen LogP contribution in [0.5, 0.6) is 11.5 Å². The van der Waals surface area contributed by atoms with E-state index in [0.29, 0.717) is 6.67 Å². The average molecular weight is 770 g/mol. The second kappa shape index (κ2) is 14.1. The number of aromatic nitrogens is 3. The van der Waals surface area contributed by atoms with Crippen molar-refractivity contribution < 1.29 is 4.74 Å². The zero-order valence-electron chi connectivity index (χ0n) is 34.2. The normalized spacial score (nSPS) is 13.3. The summed E-state index contributed by atoms with van der Waals surface area (Å²) in [7, 11) is 0. The lowest BCUT2D eigenvalue weighted by molar-refractivity contribution is 0.479. The van der Waals surface area contributed by atoms with E-state index in [4.69, 9.17) is 9.72 Å². The van der Waals surface area contributed by atoms with Crippen molar-refractivity contribution in [2.45, 2.75) is 45.4 Å². The Hall–Kier alpha value is -7.05. The third kappa shape index (κ3) is 6.42. The van der Waals surface area contributed by atoms with Crippen molar-refractivity contribution in [3.63, 3.8) is 0 Å². The minimum Gasteiger partial charge on any atom is -0.457 e. The monoisotopic (exact) mass is 769 g/mol. The number of benzene rings is 6. The number of nitrogens with zero attached hydrogens (tertiary/aromatic N) is 5. The zero-order chi connectivity index (χ0) is 40.3. The van der Waals surface area contributed by atoms with E-state index in [1.54, 1.807) is 0 Å². The fourth-order valence-corrected chi connectivity index (χ4v) is 8.56. The van der Waals surface area contributed by atoms with E-state index in [1.165, 1.54) is 16.7 Å². The van der Waals surface area contributed by atoms with Gasteiger partial charge < -0.3 is 19.1 Å². The number of pyridine rings is 1. The molecule has 0 radical (unpaired) electrons. The Kier molecular flexibility index (Phi) is 8.68. The van der Waals surface area contributed by atoms with Gasteiger partial charge in [-0.05, 0) is 88.8 Å². The molecule has 0 unspecified atom stereocenters. The van der Waals surface area contributed by atoms with Gasteiger partial charge in [0.1, 0.15) is 17.3 Å². The first-order chi connectivity index (χ1) is 28.6. The molecule has 0 aliphatic carbocycles. The molecule has 6 heteroatoms. The van der Waals surface area contributed by atoms with E-state index in [9.17, 15) is 0 Å². The molecule has 0 spiro atoms. The van der Waals surface area contributed by atoms with E-state index >= 15 is 0 Å². The van der Waals surface area contributed by atoms with Crippen molar-refractivity contribution in [3.05, 3.63) is 199 Å². The van der Waals surface area contributed by atoms with Gasteiger partial charge in [0.05, 0.1) is 28.7 Å². The van der Waals surface area contributed by atoms with Gasteiger partial charge in [-0.25, -0.2) is 4.98 Å². The van der Waals surface area contributed by atoms with Crippen molar-refractivity contribution >= 4 is 44.2 Å². The molecule has 6 nitrogen and oxygen atoms in total. The summed E-state index contributed by atoms with van der Waals surface area (Å²) in [6, 6.07) is 58.1.